The minimum atomic E-state index is -1.19. The Morgan fingerprint density at radius 1 is 1.82 bits per heavy atom. The van der Waals surface area contributed by atoms with Crippen LogP contribution in [0.15, 0.2) is 5.38 Å². The van der Waals surface area contributed by atoms with Crippen molar-refractivity contribution in [2.75, 3.05) is 0 Å². The van der Waals surface area contributed by atoms with E-state index in [0.29, 0.717) is 0 Å². The molecule has 0 spiro atoms. The van der Waals surface area contributed by atoms with Gasteiger partial charge in [0.15, 0.2) is 0 Å². The number of hydrogen-bond donors (Lipinski definition) is 0. The summed E-state index contributed by atoms with van der Waals surface area (Å²) in [5.41, 5.74) is 0.809. The van der Waals surface area contributed by atoms with Gasteiger partial charge in [0.1, 0.15) is 11.0 Å². The van der Waals surface area contributed by atoms with Crippen molar-refractivity contribution in [3.63, 3.8) is 0 Å². The molecule has 0 aliphatic rings. The van der Waals surface area contributed by atoms with Crippen molar-refractivity contribution in [2.45, 2.75) is 13.3 Å². The van der Waals surface area contributed by atoms with Gasteiger partial charge in [-0.15, -0.1) is 11.3 Å². The average molecular weight is 163 g/mol. The number of thiazole rings is 1. The Hall–Kier alpha value is -0.303. The summed E-state index contributed by atoms with van der Waals surface area (Å²) in [6, 6.07) is 0. The molecule has 1 heterocycles. The van der Waals surface area contributed by atoms with Gasteiger partial charge in [-0.05, 0) is 6.42 Å². The van der Waals surface area contributed by atoms with Crippen molar-refractivity contribution >= 4 is 17.3 Å². The number of carbonyl (C=O) groups excluding carboxylic acids is 1. The molecule has 54 valence electrons. The van der Waals surface area contributed by atoms with Crippen LogP contribution in [0.4, 0.5) is 0 Å². The third-order valence-electron chi connectivity index (χ3n) is 1.09. The SMILES string of the molecule is CCc1csc(C(=O)[O-])n1.[Li+]. The Morgan fingerprint density at radius 3 is 2.73 bits per heavy atom. The summed E-state index contributed by atoms with van der Waals surface area (Å²) in [6.45, 7) is 1.92. The molecule has 0 atom stereocenters. The Morgan fingerprint density at radius 2 is 2.45 bits per heavy atom. The molecule has 0 saturated heterocycles. The summed E-state index contributed by atoms with van der Waals surface area (Å²) in [6.07, 6.45) is 0.768. The van der Waals surface area contributed by atoms with Crippen molar-refractivity contribution < 1.29 is 28.8 Å². The van der Waals surface area contributed by atoms with Crippen molar-refractivity contribution in [3.05, 3.63) is 16.1 Å². The first-order chi connectivity index (χ1) is 4.74. The third-order valence-corrected chi connectivity index (χ3v) is 1.96. The van der Waals surface area contributed by atoms with Crippen molar-refractivity contribution in [2.24, 2.45) is 0 Å². The number of aryl methyl sites for hydroxylation is 1. The second-order valence-corrected chi connectivity index (χ2v) is 2.64. The van der Waals surface area contributed by atoms with Gasteiger partial charge in [0.2, 0.25) is 0 Å². The molecular formula is C6H6LiNO2S. The molecule has 0 amide bonds. The molecule has 0 aliphatic heterocycles. The standard InChI is InChI=1S/C6H7NO2S.Li/c1-2-4-3-10-5(7-4)6(8)9;/h3H,2H2,1H3,(H,8,9);/q;+1/p-1. The van der Waals surface area contributed by atoms with E-state index in [1.165, 1.54) is 0 Å². The van der Waals surface area contributed by atoms with Crippen LogP contribution in [0.2, 0.25) is 0 Å². The maximum atomic E-state index is 10.2. The molecule has 0 fully saturated rings. The van der Waals surface area contributed by atoms with Crippen LogP contribution in [0.3, 0.4) is 0 Å². The number of carboxylic acid groups (broad SMARTS) is 1. The predicted octanol–water partition coefficient (Wildman–Crippen LogP) is -2.93. The van der Waals surface area contributed by atoms with Crippen LogP contribution in [0.5, 0.6) is 0 Å². The van der Waals surface area contributed by atoms with Crippen LogP contribution < -0.4 is 24.0 Å². The molecule has 0 radical (unpaired) electrons. The largest absolute Gasteiger partial charge is 1.00 e. The van der Waals surface area contributed by atoms with Crippen LogP contribution in [0, 0.1) is 0 Å². The summed E-state index contributed by atoms with van der Waals surface area (Å²) in [7, 11) is 0. The normalized spacial score (nSPS) is 8.82. The number of nitrogens with zero attached hydrogens (tertiary/aromatic N) is 1. The van der Waals surface area contributed by atoms with Gasteiger partial charge in [0.05, 0.1) is 5.69 Å². The molecule has 0 saturated carbocycles. The number of rotatable bonds is 2. The number of carboxylic acids is 1. The summed E-state index contributed by atoms with van der Waals surface area (Å²) in [5.74, 6) is -1.19. The second kappa shape index (κ2) is 4.55. The van der Waals surface area contributed by atoms with Gasteiger partial charge in [0, 0.05) is 5.38 Å². The first-order valence-electron chi connectivity index (χ1n) is 2.89. The third kappa shape index (κ3) is 2.66. The molecule has 1 aromatic rings. The van der Waals surface area contributed by atoms with Gasteiger partial charge in [-0.25, -0.2) is 4.98 Å². The van der Waals surface area contributed by atoms with E-state index in [1.54, 1.807) is 5.38 Å². The summed E-state index contributed by atoms with van der Waals surface area (Å²) in [5, 5.41) is 12.0. The van der Waals surface area contributed by atoms with E-state index in [4.69, 9.17) is 0 Å². The molecule has 0 N–H and O–H groups in total. The smallest absolute Gasteiger partial charge is 0.542 e. The van der Waals surface area contributed by atoms with Crippen LogP contribution >= 0.6 is 11.3 Å². The van der Waals surface area contributed by atoms with E-state index < -0.39 is 5.97 Å². The Bertz CT molecular complexity index is 248. The molecular weight excluding hydrogens is 157 g/mol. The fraction of sp³-hybridized carbons (Fsp3) is 0.333. The monoisotopic (exact) mass is 163 g/mol. The quantitative estimate of drug-likeness (QED) is 0.439. The van der Waals surface area contributed by atoms with Gasteiger partial charge in [-0.1, -0.05) is 6.92 Å². The fourth-order valence-electron chi connectivity index (χ4n) is 0.563. The average Bonchev–Trinajstić information content (AvgIpc) is 2.34. The van der Waals surface area contributed by atoms with Crippen LogP contribution in [-0.4, -0.2) is 11.0 Å². The maximum Gasteiger partial charge on any atom is 1.00 e. The molecule has 11 heavy (non-hydrogen) atoms. The molecule has 1 aromatic heterocycles. The van der Waals surface area contributed by atoms with Gasteiger partial charge in [-0.3, -0.25) is 0 Å². The Kier molecular flexibility index (Phi) is 4.42. The van der Waals surface area contributed by atoms with Crippen LogP contribution in [0.1, 0.15) is 22.4 Å². The molecule has 0 aromatic carbocycles. The zero-order valence-electron chi connectivity index (χ0n) is 6.46. The summed E-state index contributed by atoms with van der Waals surface area (Å²) >= 11 is 1.11. The molecule has 0 aliphatic carbocycles. The Labute approximate surface area is 80.6 Å². The van der Waals surface area contributed by atoms with E-state index in [0.717, 1.165) is 23.5 Å². The molecule has 5 heteroatoms. The van der Waals surface area contributed by atoms with Crippen LogP contribution in [0.25, 0.3) is 0 Å². The number of aromatic carboxylic acids is 1. The molecule has 1 rings (SSSR count). The second-order valence-electron chi connectivity index (χ2n) is 1.79. The van der Waals surface area contributed by atoms with Gasteiger partial charge >= 0.3 is 18.9 Å². The molecule has 0 bridgehead atoms. The van der Waals surface area contributed by atoms with Crippen molar-refractivity contribution in [1.82, 2.24) is 4.98 Å². The predicted molar refractivity (Wildman–Crippen MR) is 35.8 cm³/mol. The topological polar surface area (TPSA) is 53.0 Å². The zero-order valence-corrected chi connectivity index (χ0v) is 7.27. The Balaban J connectivity index is 0.000001000. The fourth-order valence-corrected chi connectivity index (χ4v) is 1.30. The number of carbonyl (C=O) groups is 1. The first kappa shape index (κ1) is 10.7. The number of hydrogen-bond acceptors (Lipinski definition) is 4. The van der Waals surface area contributed by atoms with Gasteiger partial charge in [0.25, 0.3) is 0 Å². The first-order valence-corrected chi connectivity index (χ1v) is 3.77. The van der Waals surface area contributed by atoms with E-state index >= 15 is 0 Å². The maximum absolute atomic E-state index is 10.2. The minimum Gasteiger partial charge on any atom is -0.542 e. The zero-order chi connectivity index (χ0) is 7.56. The molecule has 3 nitrogen and oxygen atoms in total. The van der Waals surface area contributed by atoms with Crippen LogP contribution in [-0.2, 0) is 6.42 Å². The van der Waals surface area contributed by atoms with Crippen molar-refractivity contribution in [3.8, 4) is 0 Å². The van der Waals surface area contributed by atoms with E-state index in [2.05, 4.69) is 4.98 Å². The van der Waals surface area contributed by atoms with E-state index in [9.17, 15) is 9.90 Å². The summed E-state index contributed by atoms with van der Waals surface area (Å²) in [4.78, 5) is 14.0. The molecule has 0 unspecified atom stereocenters. The van der Waals surface area contributed by atoms with Crippen molar-refractivity contribution in [1.29, 1.82) is 0 Å². The van der Waals surface area contributed by atoms with E-state index in [1.807, 2.05) is 6.92 Å². The number of aromatic nitrogens is 1. The van der Waals surface area contributed by atoms with Gasteiger partial charge in [-0.2, -0.15) is 0 Å². The van der Waals surface area contributed by atoms with E-state index in [-0.39, 0.29) is 23.9 Å². The van der Waals surface area contributed by atoms with Gasteiger partial charge < -0.3 is 9.90 Å². The minimum absolute atomic E-state index is 0. The summed E-state index contributed by atoms with van der Waals surface area (Å²) < 4.78 is 0.